The first-order valence-electron chi connectivity index (χ1n) is 6.29. The summed E-state index contributed by atoms with van der Waals surface area (Å²) in [6.45, 7) is 4.05. The maximum absolute atomic E-state index is 4.57. The summed E-state index contributed by atoms with van der Waals surface area (Å²) in [6.07, 6.45) is 4.78. The Morgan fingerprint density at radius 2 is 2.28 bits per heavy atom. The third-order valence-electron chi connectivity index (χ3n) is 3.29. The summed E-state index contributed by atoms with van der Waals surface area (Å²) < 4.78 is 0. The first-order valence-corrected chi connectivity index (χ1v) is 6.29. The van der Waals surface area contributed by atoms with Crippen molar-refractivity contribution in [1.82, 2.24) is 20.3 Å². The summed E-state index contributed by atoms with van der Waals surface area (Å²) in [4.78, 5) is 13.2. The molecule has 3 rings (SSSR count). The zero-order valence-corrected chi connectivity index (χ0v) is 10.4. The van der Waals surface area contributed by atoms with Crippen LogP contribution in [0.25, 0.3) is 11.3 Å². The molecule has 1 aliphatic rings. The Morgan fingerprint density at radius 1 is 1.33 bits per heavy atom. The second-order valence-corrected chi connectivity index (χ2v) is 4.66. The van der Waals surface area contributed by atoms with Crippen LogP contribution in [0.15, 0.2) is 30.6 Å². The van der Waals surface area contributed by atoms with E-state index in [0.29, 0.717) is 5.92 Å². The van der Waals surface area contributed by atoms with Crippen molar-refractivity contribution in [2.24, 2.45) is 0 Å². The van der Waals surface area contributed by atoms with E-state index in [1.165, 1.54) is 0 Å². The molecule has 1 aliphatic heterocycles. The van der Waals surface area contributed by atoms with Gasteiger partial charge in [0.05, 0.1) is 5.69 Å². The van der Waals surface area contributed by atoms with E-state index in [9.17, 15) is 0 Å². The molecule has 1 saturated heterocycles. The maximum atomic E-state index is 4.57. The van der Waals surface area contributed by atoms with Crippen molar-refractivity contribution in [3.05, 3.63) is 42.1 Å². The fraction of sp³-hybridized carbons (Fsp3) is 0.357. The third kappa shape index (κ3) is 2.24. The highest BCUT2D eigenvalue weighted by molar-refractivity contribution is 5.58. The number of nitrogens with one attached hydrogen (secondary N) is 1. The minimum absolute atomic E-state index is 0.516. The second kappa shape index (κ2) is 4.82. The Balaban J connectivity index is 2.00. The highest BCUT2D eigenvalue weighted by Gasteiger charge is 2.19. The lowest BCUT2D eigenvalue weighted by molar-refractivity contribution is 0.725. The summed E-state index contributed by atoms with van der Waals surface area (Å²) >= 11 is 0. The van der Waals surface area contributed by atoms with Gasteiger partial charge in [0.25, 0.3) is 0 Å². The van der Waals surface area contributed by atoms with Gasteiger partial charge >= 0.3 is 0 Å². The Labute approximate surface area is 107 Å². The van der Waals surface area contributed by atoms with E-state index in [4.69, 9.17) is 0 Å². The highest BCUT2D eigenvalue weighted by atomic mass is 14.9. The molecule has 0 spiro atoms. The number of aromatic nitrogens is 3. The molecule has 1 N–H and O–H groups in total. The largest absolute Gasteiger partial charge is 0.316 e. The van der Waals surface area contributed by atoms with Gasteiger partial charge in [0, 0.05) is 36.1 Å². The molecule has 0 aliphatic carbocycles. The Bertz CT molecular complexity index is 533. The normalized spacial score (nSPS) is 19.1. The minimum Gasteiger partial charge on any atom is -0.316 e. The SMILES string of the molecule is Cc1nc(-c2cccnc2)cc([C@H]2CCNC2)n1. The van der Waals surface area contributed by atoms with E-state index in [2.05, 4.69) is 26.3 Å². The summed E-state index contributed by atoms with van der Waals surface area (Å²) in [5.74, 6) is 1.35. The molecular formula is C14H16N4. The molecule has 2 aromatic rings. The van der Waals surface area contributed by atoms with Gasteiger partial charge in [-0.1, -0.05) is 0 Å². The first-order chi connectivity index (χ1) is 8.83. The lowest BCUT2D eigenvalue weighted by Gasteiger charge is -2.10. The average molecular weight is 240 g/mol. The van der Waals surface area contributed by atoms with Gasteiger partial charge in [-0.2, -0.15) is 0 Å². The van der Waals surface area contributed by atoms with Gasteiger partial charge in [0.2, 0.25) is 0 Å². The molecular weight excluding hydrogens is 224 g/mol. The van der Waals surface area contributed by atoms with Crippen LogP contribution in [0.5, 0.6) is 0 Å². The van der Waals surface area contributed by atoms with Crippen molar-refractivity contribution in [3.63, 3.8) is 0 Å². The van der Waals surface area contributed by atoms with Crippen LogP contribution in [0.2, 0.25) is 0 Å². The number of nitrogens with zero attached hydrogens (tertiary/aromatic N) is 3. The van der Waals surface area contributed by atoms with E-state index in [1.807, 2.05) is 25.3 Å². The molecule has 0 unspecified atom stereocenters. The molecule has 0 aromatic carbocycles. The molecule has 18 heavy (non-hydrogen) atoms. The summed E-state index contributed by atoms with van der Waals surface area (Å²) in [6, 6.07) is 6.07. The molecule has 2 aromatic heterocycles. The van der Waals surface area contributed by atoms with Gasteiger partial charge in [-0.3, -0.25) is 4.98 Å². The van der Waals surface area contributed by atoms with Crippen LogP contribution in [-0.2, 0) is 0 Å². The Kier molecular flexibility index (Phi) is 3.02. The fourth-order valence-corrected chi connectivity index (χ4v) is 2.37. The van der Waals surface area contributed by atoms with Crippen LogP contribution >= 0.6 is 0 Å². The topological polar surface area (TPSA) is 50.7 Å². The molecule has 1 fully saturated rings. The molecule has 92 valence electrons. The lowest BCUT2D eigenvalue weighted by Crippen LogP contribution is -2.10. The van der Waals surface area contributed by atoms with Gasteiger partial charge in [-0.15, -0.1) is 0 Å². The van der Waals surface area contributed by atoms with E-state index in [-0.39, 0.29) is 0 Å². The smallest absolute Gasteiger partial charge is 0.126 e. The molecule has 0 amide bonds. The minimum atomic E-state index is 0.516. The first kappa shape index (κ1) is 11.3. The Hall–Kier alpha value is -1.81. The number of hydrogen-bond acceptors (Lipinski definition) is 4. The molecule has 1 atom stereocenters. The summed E-state index contributed by atoms with van der Waals surface area (Å²) in [7, 11) is 0. The summed E-state index contributed by atoms with van der Waals surface area (Å²) in [5.41, 5.74) is 3.17. The standard InChI is InChI=1S/C14H16N4/c1-10-17-13(11-3-2-5-15-8-11)7-14(18-10)12-4-6-16-9-12/h2-3,5,7-8,12,16H,4,6,9H2,1H3/t12-/m0/s1. The van der Waals surface area contributed by atoms with Crippen LogP contribution in [0.1, 0.15) is 23.9 Å². The van der Waals surface area contributed by atoms with E-state index >= 15 is 0 Å². The van der Waals surface area contributed by atoms with Crippen molar-refractivity contribution < 1.29 is 0 Å². The van der Waals surface area contributed by atoms with E-state index in [1.54, 1.807) is 6.20 Å². The number of aryl methyl sites for hydroxylation is 1. The van der Waals surface area contributed by atoms with Crippen LogP contribution in [0, 0.1) is 6.92 Å². The summed E-state index contributed by atoms with van der Waals surface area (Å²) in [5, 5.41) is 3.38. The van der Waals surface area contributed by atoms with Crippen molar-refractivity contribution >= 4 is 0 Å². The van der Waals surface area contributed by atoms with E-state index in [0.717, 1.165) is 42.3 Å². The lowest BCUT2D eigenvalue weighted by atomic mass is 10.0. The van der Waals surface area contributed by atoms with Crippen LogP contribution in [0.3, 0.4) is 0 Å². The highest BCUT2D eigenvalue weighted by Crippen LogP contribution is 2.24. The quantitative estimate of drug-likeness (QED) is 0.871. The molecule has 4 nitrogen and oxygen atoms in total. The fourth-order valence-electron chi connectivity index (χ4n) is 2.37. The number of rotatable bonds is 2. The van der Waals surface area contributed by atoms with Gasteiger partial charge in [0.15, 0.2) is 0 Å². The van der Waals surface area contributed by atoms with Crippen LogP contribution in [-0.4, -0.2) is 28.0 Å². The van der Waals surface area contributed by atoms with Gasteiger partial charge in [-0.05, 0) is 38.1 Å². The van der Waals surface area contributed by atoms with Gasteiger partial charge in [-0.25, -0.2) is 9.97 Å². The van der Waals surface area contributed by atoms with E-state index < -0.39 is 0 Å². The second-order valence-electron chi connectivity index (χ2n) is 4.66. The number of hydrogen-bond donors (Lipinski definition) is 1. The predicted molar refractivity (Wildman–Crippen MR) is 70.2 cm³/mol. The molecule has 0 saturated carbocycles. The third-order valence-corrected chi connectivity index (χ3v) is 3.29. The maximum Gasteiger partial charge on any atom is 0.126 e. The van der Waals surface area contributed by atoms with Gasteiger partial charge in [0.1, 0.15) is 5.82 Å². The molecule has 0 bridgehead atoms. The molecule has 0 radical (unpaired) electrons. The molecule has 3 heterocycles. The van der Waals surface area contributed by atoms with Crippen molar-refractivity contribution in [2.75, 3.05) is 13.1 Å². The van der Waals surface area contributed by atoms with Gasteiger partial charge < -0.3 is 5.32 Å². The van der Waals surface area contributed by atoms with Crippen molar-refractivity contribution in [1.29, 1.82) is 0 Å². The zero-order chi connectivity index (χ0) is 12.4. The Morgan fingerprint density at radius 3 is 3.00 bits per heavy atom. The number of pyridine rings is 1. The predicted octanol–water partition coefficient (Wildman–Crippen LogP) is 1.92. The molecule has 4 heteroatoms. The average Bonchev–Trinajstić information content (AvgIpc) is 2.93. The van der Waals surface area contributed by atoms with Crippen LogP contribution < -0.4 is 5.32 Å². The monoisotopic (exact) mass is 240 g/mol. The van der Waals surface area contributed by atoms with Crippen molar-refractivity contribution in [3.8, 4) is 11.3 Å². The zero-order valence-electron chi connectivity index (χ0n) is 10.4. The van der Waals surface area contributed by atoms with Crippen molar-refractivity contribution in [2.45, 2.75) is 19.3 Å². The van der Waals surface area contributed by atoms with Crippen LogP contribution in [0.4, 0.5) is 0 Å².